The van der Waals surface area contributed by atoms with Gasteiger partial charge in [0.05, 0.1) is 6.10 Å². The number of rotatable bonds is 3. The number of pyridine rings is 1. The SMILES string of the molecule is CN(C)c1ccncc1CN1CC[C@@H](O)C1. The highest BCUT2D eigenvalue weighted by Crippen LogP contribution is 2.20. The van der Waals surface area contributed by atoms with Gasteiger partial charge >= 0.3 is 0 Å². The lowest BCUT2D eigenvalue weighted by molar-refractivity contribution is 0.175. The normalized spacial score (nSPS) is 21.3. The molecule has 1 aliphatic heterocycles. The lowest BCUT2D eigenvalue weighted by Gasteiger charge is -2.21. The predicted octanol–water partition coefficient (Wildman–Crippen LogP) is 0.714. The number of β-amino-alcohol motifs (C(OH)–C–C–N with tert-alkyl or cyclic N) is 1. The molecule has 0 radical (unpaired) electrons. The van der Waals surface area contributed by atoms with Gasteiger partial charge in [-0.25, -0.2) is 0 Å². The number of nitrogens with zero attached hydrogens (tertiary/aromatic N) is 3. The minimum absolute atomic E-state index is 0.153. The minimum atomic E-state index is -0.153. The molecule has 1 aromatic rings. The quantitative estimate of drug-likeness (QED) is 0.816. The van der Waals surface area contributed by atoms with E-state index in [2.05, 4.69) is 14.8 Å². The van der Waals surface area contributed by atoms with E-state index in [1.165, 1.54) is 11.3 Å². The third kappa shape index (κ3) is 2.51. The fraction of sp³-hybridized carbons (Fsp3) is 0.583. The first-order valence-electron chi connectivity index (χ1n) is 5.67. The van der Waals surface area contributed by atoms with Crippen molar-refractivity contribution in [2.24, 2.45) is 0 Å². The maximum atomic E-state index is 9.49. The molecule has 1 fully saturated rings. The number of likely N-dealkylation sites (tertiary alicyclic amines) is 1. The van der Waals surface area contributed by atoms with Gasteiger partial charge in [-0.05, 0) is 12.5 Å². The Kier molecular flexibility index (Phi) is 3.41. The topological polar surface area (TPSA) is 39.6 Å². The van der Waals surface area contributed by atoms with Gasteiger partial charge in [-0.1, -0.05) is 0 Å². The Morgan fingerprint density at radius 3 is 3.00 bits per heavy atom. The van der Waals surface area contributed by atoms with Gasteiger partial charge in [0.1, 0.15) is 0 Å². The average Bonchev–Trinajstić information content (AvgIpc) is 2.64. The molecular weight excluding hydrogens is 202 g/mol. The maximum absolute atomic E-state index is 9.49. The summed E-state index contributed by atoms with van der Waals surface area (Å²) in [6.45, 7) is 2.63. The number of anilines is 1. The Balaban J connectivity index is 2.09. The molecule has 0 aromatic carbocycles. The highest BCUT2D eigenvalue weighted by Gasteiger charge is 2.21. The zero-order valence-corrected chi connectivity index (χ0v) is 9.93. The van der Waals surface area contributed by atoms with Crippen LogP contribution in [-0.2, 0) is 6.54 Å². The van der Waals surface area contributed by atoms with Crippen molar-refractivity contribution in [1.82, 2.24) is 9.88 Å². The van der Waals surface area contributed by atoms with Crippen molar-refractivity contribution in [3.05, 3.63) is 24.0 Å². The summed E-state index contributed by atoms with van der Waals surface area (Å²) in [6.07, 6.45) is 4.47. The lowest BCUT2D eigenvalue weighted by atomic mass is 10.2. The third-order valence-corrected chi connectivity index (χ3v) is 3.00. The summed E-state index contributed by atoms with van der Waals surface area (Å²) in [5, 5.41) is 9.49. The fourth-order valence-electron chi connectivity index (χ4n) is 2.17. The summed E-state index contributed by atoms with van der Waals surface area (Å²) >= 11 is 0. The van der Waals surface area contributed by atoms with E-state index in [-0.39, 0.29) is 6.10 Å². The smallest absolute Gasteiger partial charge is 0.0679 e. The second-order valence-electron chi connectivity index (χ2n) is 4.58. The van der Waals surface area contributed by atoms with Crippen LogP contribution in [0.15, 0.2) is 18.5 Å². The largest absolute Gasteiger partial charge is 0.392 e. The van der Waals surface area contributed by atoms with Crippen LogP contribution < -0.4 is 4.90 Å². The molecule has 4 heteroatoms. The van der Waals surface area contributed by atoms with Gasteiger partial charge in [0, 0.05) is 57.4 Å². The van der Waals surface area contributed by atoms with Crippen molar-refractivity contribution in [1.29, 1.82) is 0 Å². The second-order valence-corrected chi connectivity index (χ2v) is 4.58. The van der Waals surface area contributed by atoms with E-state index in [9.17, 15) is 5.11 Å². The van der Waals surface area contributed by atoms with Crippen molar-refractivity contribution >= 4 is 5.69 Å². The second kappa shape index (κ2) is 4.80. The zero-order valence-electron chi connectivity index (χ0n) is 9.93. The van der Waals surface area contributed by atoms with E-state index >= 15 is 0 Å². The fourth-order valence-corrected chi connectivity index (χ4v) is 2.17. The van der Waals surface area contributed by atoms with Gasteiger partial charge in [-0.3, -0.25) is 9.88 Å². The number of hydrogen-bond acceptors (Lipinski definition) is 4. The molecule has 0 unspecified atom stereocenters. The predicted molar refractivity (Wildman–Crippen MR) is 64.5 cm³/mol. The Bertz CT molecular complexity index is 354. The molecular formula is C12H19N3O. The molecule has 88 valence electrons. The molecule has 0 bridgehead atoms. The van der Waals surface area contributed by atoms with Gasteiger partial charge in [0.2, 0.25) is 0 Å². The van der Waals surface area contributed by atoms with Gasteiger partial charge in [0.15, 0.2) is 0 Å². The summed E-state index contributed by atoms with van der Waals surface area (Å²) in [5.74, 6) is 0. The summed E-state index contributed by atoms with van der Waals surface area (Å²) in [4.78, 5) is 8.55. The van der Waals surface area contributed by atoms with Crippen LogP contribution in [-0.4, -0.2) is 48.3 Å². The summed E-state index contributed by atoms with van der Waals surface area (Å²) in [7, 11) is 4.08. The van der Waals surface area contributed by atoms with Crippen molar-refractivity contribution in [3.8, 4) is 0 Å². The molecule has 0 saturated carbocycles. The highest BCUT2D eigenvalue weighted by atomic mass is 16.3. The van der Waals surface area contributed by atoms with Crippen LogP contribution in [0.2, 0.25) is 0 Å². The van der Waals surface area contributed by atoms with Gasteiger partial charge in [-0.15, -0.1) is 0 Å². The first-order valence-corrected chi connectivity index (χ1v) is 5.67. The van der Waals surface area contributed by atoms with Gasteiger partial charge in [0.25, 0.3) is 0 Å². The van der Waals surface area contributed by atoms with Crippen LogP contribution in [0, 0.1) is 0 Å². The van der Waals surface area contributed by atoms with Crippen molar-refractivity contribution in [2.45, 2.75) is 19.1 Å². The van der Waals surface area contributed by atoms with Gasteiger partial charge in [-0.2, -0.15) is 0 Å². The Morgan fingerprint density at radius 1 is 1.56 bits per heavy atom. The van der Waals surface area contributed by atoms with Crippen LogP contribution in [0.5, 0.6) is 0 Å². The molecule has 1 atom stereocenters. The Morgan fingerprint density at radius 2 is 2.38 bits per heavy atom. The average molecular weight is 221 g/mol. The molecule has 1 N–H and O–H groups in total. The van der Waals surface area contributed by atoms with E-state index in [1.807, 2.05) is 32.6 Å². The first-order chi connectivity index (χ1) is 7.66. The van der Waals surface area contributed by atoms with Crippen molar-refractivity contribution in [3.63, 3.8) is 0 Å². The van der Waals surface area contributed by atoms with E-state index < -0.39 is 0 Å². The Labute approximate surface area is 96.5 Å². The van der Waals surface area contributed by atoms with E-state index in [4.69, 9.17) is 0 Å². The maximum Gasteiger partial charge on any atom is 0.0679 e. The lowest BCUT2D eigenvalue weighted by Crippen LogP contribution is -2.23. The van der Waals surface area contributed by atoms with Crippen molar-refractivity contribution < 1.29 is 5.11 Å². The monoisotopic (exact) mass is 221 g/mol. The highest BCUT2D eigenvalue weighted by molar-refractivity contribution is 5.50. The zero-order chi connectivity index (χ0) is 11.5. The standard InChI is InChI=1S/C12H19N3O/c1-14(2)12-3-5-13-7-10(12)8-15-6-4-11(16)9-15/h3,5,7,11,16H,4,6,8-9H2,1-2H3/t11-/m1/s1. The van der Waals surface area contributed by atoms with Crippen molar-refractivity contribution in [2.75, 3.05) is 32.1 Å². The molecule has 2 rings (SSSR count). The van der Waals surface area contributed by atoms with Crippen LogP contribution in [0.1, 0.15) is 12.0 Å². The van der Waals surface area contributed by atoms with Crippen LogP contribution in [0.4, 0.5) is 5.69 Å². The molecule has 0 aliphatic carbocycles. The summed E-state index contributed by atoms with van der Waals surface area (Å²) in [5.41, 5.74) is 2.43. The molecule has 1 saturated heterocycles. The number of aromatic nitrogens is 1. The number of hydrogen-bond donors (Lipinski definition) is 1. The minimum Gasteiger partial charge on any atom is -0.392 e. The van der Waals surface area contributed by atoms with E-state index in [0.29, 0.717) is 0 Å². The molecule has 1 aliphatic rings. The van der Waals surface area contributed by atoms with Crippen LogP contribution in [0.3, 0.4) is 0 Å². The van der Waals surface area contributed by atoms with E-state index in [1.54, 1.807) is 0 Å². The molecule has 0 spiro atoms. The van der Waals surface area contributed by atoms with E-state index in [0.717, 1.165) is 26.1 Å². The molecule has 0 amide bonds. The molecule has 1 aromatic heterocycles. The molecule has 16 heavy (non-hydrogen) atoms. The molecule has 4 nitrogen and oxygen atoms in total. The van der Waals surface area contributed by atoms with Gasteiger partial charge < -0.3 is 10.0 Å². The summed E-state index contributed by atoms with van der Waals surface area (Å²) in [6, 6.07) is 2.03. The van der Waals surface area contributed by atoms with Crippen LogP contribution in [0.25, 0.3) is 0 Å². The number of aliphatic hydroxyl groups excluding tert-OH is 1. The van der Waals surface area contributed by atoms with Crippen LogP contribution >= 0.6 is 0 Å². The summed E-state index contributed by atoms with van der Waals surface area (Å²) < 4.78 is 0. The first kappa shape index (κ1) is 11.4. The molecule has 2 heterocycles. The third-order valence-electron chi connectivity index (χ3n) is 3.00. The Hall–Kier alpha value is -1.13. The number of aliphatic hydroxyl groups is 1.